The number of nitrogens with zero attached hydrogens (tertiary/aromatic N) is 5. The average molecular weight is 415 g/mol. The molecule has 2 aliphatic heterocycles. The van der Waals surface area contributed by atoms with Crippen LogP contribution in [0, 0.1) is 6.92 Å². The molecule has 0 bridgehead atoms. The first kappa shape index (κ1) is 19.8. The first-order chi connectivity index (χ1) is 14.1. The molecule has 2 aliphatic rings. The van der Waals surface area contributed by atoms with Crippen LogP contribution in [-0.4, -0.2) is 60.2 Å². The van der Waals surface area contributed by atoms with Gasteiger partial charge in [0.2, 0.25) is 0 Å². The molecule has 0 atom stereocenters. The van der Waals surface area contributed by atoms with Gasteiger partial charge in [-0.15, -0.1) is 0 Å². The van der Waals surface area contributed by atoms with Crippen LogP contribution in [-0.2, 0) is 0 Å². The molecule has 8 heteroatoms. The molecule has 2 amide bonds. The molecule has 0 unspecified atom stereocenters. The summed E-state index contributed by atoms with van der Waals surface area (Å²) >= 11 is 6.15. The van der Waals surface area contributed by atoms with Crippen LogP contribution in [0.3, 0.4) is 0 Å². The topological polar surface area (TPSA) is 64.6 Å². The number of piperazine rings is 1. The summed E-state index contributed by atoms with van der Waals surface area (Å²) in [6.07, 6.45) is 5.39. The first-order valence-electron chi connectivity index (χ1n) is 10.2. The van der Waals surface area contributed by atoms with Crippen LogP contribution in [0.25, 0.3) is 0 Å². The number of nitrogens with one attached hydrogen (secondary N) is 1. The molecule has 1 aromatic heterocycles. The second-order valence-electron chi connectivity index (χ2n) is 7.60. The molecule has 3 heterocycles. The van der Waals surface area contributed by atoms with Crippen LogP contribution in [0.5, 0.6) is 0 Å². The Kier molecular flexibility index (Phi) is 6.04. The van der Waals surface area contributed by atoms with Crippen LogP contribution in [0.4, 0.5) is 22.1 Å². The van der Waals surface area contributed by atoms with Gasteiger partial charge in [0.25, 0.3) is 0 Å². The van der Waals surface area contributed by atoms with E-state index in [-0.39, 0.29) is 6.03 Å². The normalized spacial score (nSPS) is 17.4. The van der Waals surface area contributed by atoms with Crippen molar-refractivity contribution in [3.63, 3.8) is 0 Å². The fourth-order valence-corrected chi connectivity index (χ4v) is 4.06. The first-order valence-corrected chi connectivity index (χ1v) is 10.6. The Bertz CT molecular complexity index is 862. The van der Waals surface area contributed by atoms with Gasteiger partial charge in [-0.05, 0) is 43.9 Å². The van der Waals surface area contributed by atoms with E-state index in [2.05, 4.69) is 31.2 Å². The highest BCUT2D eigenvalue weighted by molar-refractivity contribution is 6.31. The van der Waals surface area contributed by atoms with Crippen molar-refractivity contribution >= 4 is 35.0 Å². The maximum atomic E-state index is 12.7. The molecule has 154 valence electrons. The quantitative estimate of drug-likeness (QED) is 0.827. The third-order valence-corrected chi connectivity index (χ3v) is 6.13. The Labute approximate surface area is 176 Å². The van der Waals surface area contributed by atoms with Crippen molar-refractivity contribution in [3.05, 3.63) is 41.2 Å². The predicted molar refractivity (Wildman–Crippen MR) is 117 cm³/mol. The summed E-state index contributed by atoms with van der Waals surface area (Å²) in [6, 6.07) is 7.53. The zero-order valence-electron chi connectivity index (χ0n) is 16.8. The number of carbonyl (C=O) groups excluding carboxylic acids is 1. The van der Waals surface area contributed by atoms with Crippen molar-refractivity contribution in [1.82, 2.24) is 14.9 Å². The number of aromatic nitrogens is 2. The number of urea groups is 1. The van der Waals surface area contributed by atoms with Crippen LogP contribution in [0.1, 0.15) is 24.8 Å². The van der Waals surface area contributed by atoms with Crippen molar-refractivity contribution in [2.24, 2.45) is 0 Å². The van der Waals surface area contributed by atoms with Crippen molar-refractivity contribution in [2.45, 2.75) is 26.2 Å². The summed E-state index contributed by atoms with van der Waals surface area (Å²) in [4.78, 5) is 28.0. The number of carbonyl (C=O) groups is 1. The Morgan fingerprint density at radius 1 is 0.966 bits per heavy atom. The van der Waals surface area contributed by atoms with Crippen LogP contribution < -0.4 is 15.1 Å². The van der Waals surface area contributed by atoms with Crippen molar-refractivity contribution in [1.29, 1.82) is 0 Å². The number of hydrogen-bond donors (Lipinski definition) is 1. The van der Waals surface area contributed by atoms with Crippen molar-refractivity contribution in [3.8, 4) is 0 Å². The summed E-state index contributed by atoms with van der Waals surface area (Å²) in [7, 11) is 0. The highest BCUT2D eigenvalue weighted by atomic mass is 35.5. The predicted octanol–water partition coefficient (Wildman–Crippen LogP) is 3.78. The van der Waals surface area contributed by atoms with E-state index in [1.165, 1.54) is 19.3 Å². The van der Waals surface area contributed by atoms with Crippen molar-refractivity contribution in [2.75, 3.05) is 54.4 Å². The molecular weight excluding hydrogens is 388 g/mol. The van der Waals surface area contributed by atoms with Gasteiger partial charge in [0.05, 0.1) is 0 Å². The average Bonchev–Trinajstić information content (AvgIpc) is 2.78. The number of anilines is 3. The third kappa shape index (κ3) is 4.56. The molecule has 2 fully saturated rings. The Hall–Kier alpha value is -2.54. The highest BCUT2D eigenvalue weighted by Crippen LogP contribution is 2.24. The summed E-state index contributed by atoms with van der Waals surface area (Å²) in [5.74, 6) is 1.94. The lowest BCUT2D eigenvalue weighted by atomic mass is 10.1. The Balaban J connectivity index is 1.35. The molecule has 0 spiro atoms. The zero-order valence-corrected chi connectivity index (χ0v) is 17.5. The Morgan fingerprint density at radius 2 is 1.62 bits per heavy atom. The lowest BCUT2D eigenvalue weighted by molar-refractivity contribution is 0.208. The summed E-state index contributed by atoms with van der Waals surface area (Å²) < 4.78 is 0. The second-order valence-corrected chi connectivity index (χ2v) is 8.01. The molecule has 2 aromatic rings. The van der Waals surface area contributed by atoms with E-state index in [4.69, 9.17) is 11.6 Å². The number of amides is 2. The van der Waals surface area contributed by atoms with Crippen molar-refractivity contribution < 1.29 is 4.79 Å². The van der Waals surface area contributed by atoms with Gasteiger partial charge >= 0.3 is 6.03 Å². The minimum atomic E-state index is -0.0910. The zero-order chi connectivity index (χ0) is 20.2. The fraction of sp³-hybridized carbons (Fsp3) is 0.476. The van der Waals surface area contributed by atoms with Gasteiger partial charge in [0, 0.05) is 56.0 Å². The summed E-state index contributed by atoms with van der Waals surface area (Å²) in [6.45, 7) is 6.82. The maximum Gasteiger partial charge on any atom is 0.321 e. The highest BCUT2D eigenvalue weighted by Gasteiger charge is 2.23. The fourth-order valence-electron chi connectivity index (χ4n) is 3.88. The minimum Gasteiger partial charge on any atom is -0.356 e. The van der Waals surface area contributed by atoms with E-state index < -0.39 is 0 Å². The maximum absolute atomic E-state index is 12.7. The molecular formula is C21H27ClN6O. The second kappa shape index (κ2) is 8.86. The van der Waals surface area contributed by atoms with Gasteiger partial charge in [-0.1, -0.05) is 17.7 Å². The molecule has 4 rings (SSSR count). The number of benzene rings is 1. The van der Waals surface area contributed by atoms with Crippen LogP contribution >= 0.6 is 11.6 Å². The molecule has 29 heavy (non-hydrogen) atoms. The number of piperidine rings is 1. The smallest absolute Gasteiger partial charge is 0.321 e. The van der Waals surface area contributed by atoms with E-state index in [1.807, 2.05) is 30.0 Å². The van der Waals surface area contributed by atoms with E-state index in [0.29, 0.717) is 18.1 Å². The molecule has 0 aliphatic carbocycles. The largest absolute Gasteiger partial charge is 0.356 e. The number of halogens is 1. The molecule has 2 saturated heterocycles. The standard InChI is InChI=1S/C21H27ClN6O/c1-16-17(22)6-5-7-18(16)25-21(29)28-12-10-27(11-13-28)20-14-19(23-15-24-20)26-8-3-2-4-9-26/h5-7,14-15H,2-4,8-13H2,1H3,(H,25,29). The van der Waals surface area contributed by atoms with E-state index in [1.54, 1.807) is 6.33 Å². The minimum absolute atomic E-state index is 0.0910. The van der Waals surface area contributed by atoms with Gasteiger partial charge in [0.1, 0.15) is 18.0 Å². The van der Waals surface area contributed by atoms with E-state index in [9.17, 15) is 4.79 Å². The molecule has 0 radical (unpaired) electrons. The molecule has 1 N–H and O–H groups in total. The third-order valence-electron chi connectivity index (χ3n) is 5.72. The van der Waals surface area contributed by atoms with Gasteiger partial charge in [-0.25, -0.2) is 14.8 Å². The van der Waals surface area contributed by atoms with E-state index >= 15 is 0 Å². The number of rotatable bonds is 3. The lowest BCUT2D eigenvalue weighted by Gasteiger charge is -2.36. The van der Waals surface area contributed by atoms with Gasteiger partial charge in [-0.3, -0.25) is 0 Å². The van der Waals surface area contributed by atoms with Gasteiger partial charge < -0.3 is 20.0 Å². The van der Waals surface area contributed by atoms with Crippen LogP contribution in [0.2, 0.25) is 5.02 Å². The molecule has 0 saturated carbocycles. The molecule has 1 aromatic carbocycles. The van der Waals surface area contributed by atoms with Crippen LogP contribution in [0.15, 0.2) is 30.6 Å². The number of hydrogen-bond acceptors (Lipinski definition) is 5. The summed E-state index contributed by atoms with van der Waals surface area (Å²) in [5.41, 5.74) is 1.64. The monoisotopic (exact) mass is 414 g/mol. The molecule has 7 nitrogen and oxygen atoms in total. The lowest BCUT2D eigenvalue weighted by Crippen LogP contribution is -2.50. The SMILES string of the molecule is Cc1c(Cl)cccc1NC(=O)N1CCN(c2cc(N3CCCCC3)ncn2)CC1. The van der Waals surface area contributed by atoms with Gasteiger partial charge in [0.15, 0.2) is 0 Å². The summed E-state index contributed by atoms with van der Waals surface area (Å²) in [5, 5.41) is 3.63. The van der Waals surface area contributed by atoms with Gasteiger partial charge in [-0.2, -0.15) is 0 Å². The van der Waals surface area contributed by atoms with E-state index in [0.717, 1.165) is 49.1 Å². The Morgan fingerprint density at radius 3 is 2.31 bits per heavy atom.